The number of hydrogen-bond acceptors (Lipinski definition) is 49. The van der Waals surface area contributed by atoms with E-state index < -0.39 is 397 Å². The number of hydrogen-bond donors (Lipinski definition) is 26. The zero-order valence-electron chi connectivity index (χ0n) is 85.6. The largest absolute Gasteiger partial charge is 0.458 e. The molecule has 0 bridgehead atoms. The van der Waals surface area contributed by atoms with Crippen molar-refractivity contribution >= 4 is 17.9 Å². The summed E-state index contributed by atoms with van der Waals surface area (Å²) >= 11 is 0. The molecule has 5 aliphatic carbocycles. The Hall–Kier alpha value is -4.61. The lowest BCUT2D eigenvalue weighted by Crippen LogP contribution is -2.70. The Morgan fingerprint density at radius 3 is 1.47 bits per heavy atom. The first kappa shape index (κ1) is 120. The molecule has 49 heteroatoms. The summed E-state index contributed by atoms with van der Waals surface area (Å²) in [5, 5.41) is 292. The predicted octanol–water partition coefficient (Wildman–Crippen LogP) is -6.96. The van der Waals surface area contributed by atoms with Crippen LogP contribution >= 0.6 is 0 Å². The van der Waals surface area contributed by atoms with Gasteiger partial charge >= 0.3 is 17.9 Å². The number of carbonyl (C=O) groups is 3. The second-order valence-corrected chi connectivity index (χ2v) is 45.3. The van der Waals surface area contributed by atoms with Gasteiger partial charge in [0, 0.05) is 23.0 Å². The monoisotopic (exact) mass is 2140 g/mol. The van der Waals surface area contributed by atoms with Gasteiger partial charge in [0.2, 0.25) is 6.29 Å². The van der Waals surface area contributed by atoms with Crippen LogP contribution in [0.4, 0.5) is 0 Å². The van der Waals surface area contributed by atoms with Crippen molar-refractivity contribution in [3.05, 3.63) is 60.3 Å². The van der Waals surface area contributed by atoms with Crippen LogP contribution in [0, 0.1) is 50.2 Å². The highest BCUT2D eigenvalue weighted by molar-refractivity contribution is 5.88. The Labute approximate surface area is 861 Å². The molecule has 0 spiro atoms. The average molecular weight is 2140 g/mol. The zero-order chi connectivity index (χ0) is 109. The minimum absolute atomic E-state index is 0.0413. The van der Waals surface area contributed by atoms with Crippen molar-refractivity contribution in [1.29, 1.82) is 0 Å². The Kier molecular flexibility index (Phi) is 38.2. The van der Waals surface area contributed by atoms with Crippen molar-refractivity contribution in [2.75, 3.05) is 52.9 Å². The number of aliphatic hydroxyl groups excluding tert-OH is 25. The topological polar surface area (TPSA) is 762 Å². The van der Waals surface area contributed by atoms with Crippen molar-refractivity contribution in [2.24, 2.45) is 50.2 Å². The third kappa shape index (κ3) is 23.5. The normalized spacial score (nSPS) is 48.9. The molecule has 0 amide bonds. The number of fused-ring (bicyclic) bond motifs is 7. The molecule has 9 heterocycles. The van der Waals surface area contributed by atoms with Gasteiger partial charge in [0.15, 0.2) is 62.5 Å². The molecule has 4 saturated carbocycles. The van der Waals surface area contributed by atoms with E-state index in [-0.39, 0.29) is 67.9 Å². The predicted molar refractivity (Wildman–Crippen MR) is 499 cm³/mol. The van der Waals surface area contributed by atoms with Crippen LogP contribution < -0.4 is 0 Å². The smallest absolute Gasteiger partial charge is 0.333 e. The van der Waals surface area contributed by atoms with Crippen molar-refractivity contribution in [1.82, 2.24) is 0 Å². The first-order chi connectivity index (χ1) is 69.9. The molecule has 14 rings (SSSR count). The molecule has 53 atom stereocenters. The Balaban J connectivity index is 0.752. The fourth-order valence-electron chi connectivity index (χ4n) is 25.1. The van der Waals surface area contributed by atoms with Gasteiger partial charge in [0.1, 0.15) is 189 Å². The van der Waals surface area contributed by atoms with E-state index >= 15 is 9.59 Å². The molecule has 26 N–H and O–H groups in total. The molecule has 0 aromatic carbocycles. The van der Waals surface area contributed by atoms with Gasteiger partial charge in [0.25, 0.3) is 0 Å². The highest BCUT2D eigenvalue weighted by atomic mass is 16.8. The van der Waals surface area contributed by atoms with Gasteiger partial charge < -0.3 is 228 Å². The summed E-state index contributed by atoms with van der Waals surface area (Å²) in [6.45, 7) is 23.2. The van der Waals surface area contributed by atoms with Gasteiger partial charge in [-0.25, -0.2) is 9.59 Å². The highest BCUT2D eigenvalue weighted by Crippen LogP contribution is 2.77. The SMILES string of the molecule is C=C[C@@](C)(O)CC/C=C(\C)C(=O)O[C@@H]1CO[C@@H](O[C@](C)(C=C)CC/C=C(\C)C(=O)O[C@H]2C[C@]3(C(=O)O[C@@H]4O[C@H](CO)[C@@H](O)[C@H](O)[C@H]4O[C@@H]4O[C@@H](C)[C@H](O[C@@H]5O[C@@H](CO)[C@H](O)[C@H]5O)[C@@H](O[C@@H]5O[C@H](CO)[C@@H](O)[C@H](O)[C@H]5O)[C@H]4O)[C@H](O)C[C@]4(C)C(=CC[C@@H]5[C@@]6(C)CC[C@H](O[C@@H]7O[C@H](CO[C@@H]8OC[C@H](O)[C@H](O)[C@H]8O[C@@H]8OC[C@H](O)[C@H](O)[C@H]8O)[C@@H](O)[C@H](O)[C@H]7O[C@@H]7O[C@H](CO)[C@@H](O)[C@H](O)[C@H]7O)C(C)(C)[C@@H]6CC[C@]54C)[C@@H]3CC2(C)C)[C@H](O)[C@H]1O. The molecular weight excluding hydrogens is 1990 g/mol. The van der Waals surface area contributed by atoms with Gasteiger partial charge in [-0.3, -0.25) is 4.79 Å². The molecule has 13 fully saturated rings. The Bertz CT molecular complexity index is 4580. The van der Waals surface area contributed by atoms with Gasteiger partial charge in [0.05, 0.1) is 82.4 Å². The summed E-state index contributed by atoms with van der Waals surface area (Å²) in [7, 11) is 0. The molecule has 852 valence electrons. The lowest BCUT2D eigenvalue weighted by Gasteiger charge is -2.72. The standard InChI is InChI=1S/C100H158O49/c1-15-95(10,129)25-17-19-40(3)81(126)135-51-38-132-84(71(121)65(51)115)149-96(11,16-2)26-18-20-41(4)82(127)141-57-31-100(92(128)148-91-80(68(118)62(112)49(34-103)139-91)147-88-75(125)77(144-86-73(123)66(116)60(110)47(32-101)136-86)76(42(5)134-88)143-85-72(122)63(113)50(35-104)138-85)44(29-93(57,6)7)43-21-22-54-97(12)27-24-56(94(8,9)53(97)23-28-98(54,13)99(43,14)30-55(100)107)142-90-79(146-87-74(124)67(117)61(111)48(33-102)137-87)69(119)64(114)52(140-90)39-133-89-78(59(109)46(106)37-131-89)145-83-70(120)58(108)45(105)36-130-83/h15-16,19-21,42,44-80,83-91,101-125,129H,1-2,17-18,22-39H2,3-14H3/b40-19+,41-20+/t42-,44-,45-,46-,47+,48+,49+,50-,51+,52+,53-,54+,55+,56-,57-,58-,59-,60+,61+,62+,63-,64+,65-,66-,67-,68-,69-,70+,71+,72+,73+,74+,75+,76-,77-,78+,79+,80+,83-,84-,85-,86-,87-,88-,89-,90-,91-,95+,96+,97-,98+,99+,100+/m0/s1. The number of allylic oxidation sites excluding steroid dienone is 4. The molecular formula is C100H158O49. The second kappa shape index (κ2) is 47.5. The number of carbonyl (C=O) groups excluding carboxylic acids is 3. The van der Waals surface area contributed by atoms with Crippen LogP contribution in [0.1, 0.15) is 160 Å². The first-order valence-corrected chi connectivity index (χ1v) is 51.3. The van der Waals surface area contributed by atoms with E-state index in [2.05, 4.69) is 33.1 Å². The fraction of sp³-hybridized carbons (Fsp3) is 0.870. The van der Waals surface area contributed by atoms with Crippen molar-refractivity contribution in [3.63, 3.8) is 0 Å². The van der Waals surface area contributed by atoms with Crippen LogP contribution in [0.15, 0.2) is 60.3 Å². The molecule has 149 heavy (non-hydrogen) atoms. The summed E-state index contributed by atoms with van der Waals surface area (Å²) in [4.78, 5) is 45.1. The highest BCUT2D eigenvalue weighted by Gasteiger charge is 2.75. The van der Waals surface area contributed by atoms with Crippen LogP contribution in [0.2, 0.25) is 0 Å². The maximum atomic E-state index is 16.9. The molecule has 0 unspecified atom stereocenters. The van der Waals surface area contributed by atoms with Gasteiger partial charge in [-0.1, -0.05) is 84.4 Å². The van der Waals surface area contributed by atoms with Crippen molar-refractivity contribution < 1.29 is 242 Å². The fourth-order valence-corrected chi connectivity index (χ4v) is 25.1. The number of esters is 3. The van der Waals surface area contributed by atoms with Crippen molar-refractivity contribution in [2.45, 2.75) is 442 Å². The van der Waals surface area contributed by atoms with Gasteiger partial charge in [-0.05, 0) is 145 Å². The molecule has 0 aromatic rings. The third-order valence-electron chi connectivity index (χ3n) is 34.9. The maximum Gasteiger partial charge on any atom is 0.333 e. The summed E-state index contributed by atoms with van der Waals surface area (Å²) in [5.41, 5.74) is -8.39. The summed E-state index contributed by atoms with van der Waals surface area (Å²) in [6, 6.07) is 0. The average Bonchev–Trinajstić information content (AvgIpc) is 0.900. The van der Waals surface area contributed by atoms with Crippen LogP contribution in [0.5, 0.6) is 0 Å². The molecule has 49 nitrogen and oxygen atoms in total. The number of rotatable bonds is 35. The first-order valence-electron chi connectivity index (χ1n) is 51.3. The van der Waals surface area contributed by atoms with E-state index in [1.54, 1.807) is 26.0 Å². The molecule has 14 aliphatic rings. The molecule has 0 aromatic heterocycles. The minimum atomic E-state index is -2.30. The zero-order valence-corrected chi connectivity index (χ0v) is 85.6. The summed E-state index contributed by atoms with van der Waals surface area (Å²) in [6.07, 6.45) is -69.5. The molecule has 9 aliphatic heterocycles. The van der Waals surface area contributed by atoms with E-state index in [4.69, 9.17) is 94.7 Å². The summed E-state index contributed by atoms with van der Waals surface area (Å²) in [5.74, 6) is -4.54. The van der Waals surface area contributed by atoms with E-state index in [1.807, 2.05) is 34.6 Å². The van der Waals surface area contributed by atoms with Crippen LogP contribution in [-0.4, -0.2) is 485 Å². The van der Waals surface area contributed by atoms with E-state index in [9.17, 15) is 138 Å². The van der Waals surface area contributed by atoms with Gasteiger partial charge in [-0.2, -0.15) is 0 Å². The van der Waals surface area contributed by atoms with Crippen LogP contribution in [-0.2, 0) is 109 Å². The third-order valence-corrected chi connectivity index (χ3v) is 34.9. The summed E-state index contributed by atoms with van der Waals surface area (Å²) < 4.78 is 122. The van der Waals surface area contributed by atoms with E-state index in [0.29, 0.717) is 31.3 Å². The van der Waals surface area contributed by atoms with Gasteiger partial charge in [-0.15, -0.1) is 13.2 Å². The molecule has 0 radical (unpaired) electrons. The minimum Gasteiger partial charge on any atom is -0.458 e. The lowest BCUT2D eigenvalue weighted by molar-refractivity contribution is -0.390. The number of ether oxygens (including phenoxy) is 20. The van der Waals surface area contributed by atoms with Crippen LogP contribution in [0.3, 0.4) is 0 Å². The maximum absolute atomic E-state index is 16.9. The Morgan fingerprint density at radius 2 is 0.899 bits per heavy atom. The van der Waals surface area contributed by atoms with E-state index in [0.717, 1.165) is 0 Å². The second-order valence-electron chi connectivity index (χ2n) is 45.3. The lowest BCUT2D eigenvalue weighted by atomic mass is 9.33. The van der Waals surface area contributed by atoms with Crippen molar-refractivity contribution in [3.8, 4) is 0 Å². The quantitative estimate of drug-likeness (QED) is 0.00922. The van der Waals surface area contributed by atoms with E-state index in [1.165, 1.54) is 32.9 Å². The number of aliphatic hydroxyl groups is 26. The Morgan fingerprint density at radius 1 is 0.436 bits per heavy atom. The molecule has 9 saturated heterocycles. The van der Waals surface area contributed by atoms with Crippen LogP contribution in [0.25, 0.3) is 0 Å².